The summed E-state index contributed by atoms with van der Waals surface area (Å²) in [6, 6.07) is -0.401. The molecule has 1 rings (SSSR count). The summed E-state index contributed by atoms with van der Waals surface area (Å²) in [5.41, 5.74) is 3.55. The van der Waals surface area contributed by atoms with Crippen molar-refractivity contribution >= 4 is 11.8 Å². The monoisotopic (exact) mass is 206 g/mol. The molecule has 14 heavy (non-hydrogen) atoms. The van der Waals surface area contributed by atoms with Crippen molar-refractivity contribution in [2.75, 3.05) is 5.32 Å². The molecule has 1 aromatic heterocycles. The number of aromatic nitrogens is 2. The fraction of sp³-hybridized carbons (Fsp3) is 0.167. The van der Waals surface area contributed by atoms with E-state index in [-0.39, 0.29) is 5.82 Å². The molecule has 1 aromatic rings. The first-order valence-corrected chi connectivity index (χ1v) is 3.35. The van der Waals surface area contributed by atoms with Gasteiger partial charge in [-0.2, -0.15) is 13.2 Å². The fourth-order valence-corrected chi connectivity index (χ4v) is 0.707. The van der Waals surface area contributed by atoms with Gasteiger partial charge in [0.1, 0.15) is 17.8 Å². The lowest BCUT2D eigenvalue weighted by atomic mass is 10.4. The van der Waals surface area contributed by atoms with Gasteiger partial charge in [-0.3, -0.25) is 5.32 Å². The van der Waals surface area contributed by atoms with E-state index in [0.717, 1.165) is 0 Å². The van der Waals surface area contributed by atoms with E-state index in [1.807, 2.05) is 5.32 Å². The van der Waals surface area contributed by atoms with Crippen LogP contribution >= 0.6 is 0 Å². The predicted octanol–water partition coefficient (Wildman–Crippen LogP) is 0.986. The topological polar surface area (TPSA) is 80.9 Å². The Morgan fingerprint density at radius 1 is 1.43 bits per heavy atom. The Kier molecular flexibility index (Phi) is 2.54. The molecule has 0 saturated carbocycles. The van der Waals surface area contributed by atoms with Gasteiger partial charge in [-0.1, -0.05) is 0 Å². The number of halogens is 3. The molecule has 0 fully saturated rings. The molecule has 8 heteroatoms. The van der Waals surface area contributed by atoms with Crippen molar-refractivity contribution in [3.05, 3.63) is 18.1 Å². The fourth-order valence-electron chi connectivity index (χ4n) is 0.707. The van der Waals surface area contributed by atoms with Crippen molar-refractivity contribution in [1.82, 2.24) is 9.97 Å². The van der Waals surface area contributed by atoms with Crippen LogP contribution in [0.25, 0.3) is 0 Å². The summed E-state index contributed by atoms with van der Waals surface area (Å²) < 4.78 is 36.2. The number of carbonyl (C=O) groups excluding carboxylic acids is 1. The molecule has 0 aliphatic heterocycles. The molecule has 0 aliphatic carbocycles. The Morgan fingerprint density at radius 2 is 2.07 bits per heavy atom. The second-order valence-corrected chi connectivity index (χ2v) is 2.28. The number of anilines is 1. The maximum absolute atomic E-state index is 12.1. The van der Waals surface area contributed by atoms with Gasteiger partial charge >= 0.3 is 12.2 Å². The molecule has 1 heterocycles. The first-order chi connectivity index (χ1) is 6.39. The standard InChI is InChI=1S/C6H5F3N4O/c7-6(8,9)3-1-4(12-2-11-3)13-5(10)14/h1-2H,(H3,10,11,12,13,14). The number of amides is 2. The lowest BCUT2D eigenvalue weighted by molar-refractivity contribution is -0.141. The highest BCUT2D eigenvalue weighted by Crippen LogP contribution is 2.27. The SMILES string of the molecule is NC(=O)Nc1cc(C(F)(F)F)ncn1. The highest BCUT2D eigenvalue weighted by atomic mass is 19.4. The summed E-state index contributed by atoms with van der Waals surface area (Å²) in [5.74, 6) is -0.292. The van der Waals surface area contributed by atoms with Crippen LogP contribution in [0, 0.1) is 0 Å². The molecule has 0 spiro atoms. The van der Waals surface area contributed by atoms with E-state index in [9.17, 15) is 18.0 Å². The lowest BCUT2D eigenvalue weighted by Gasteiger charge is -2.06. The minimum atomic E-state index is -4.57. The molecule has 0 atom stereocenters. The second kappa shape index (κ2) is 3.48. The highest BCUT2D eigenvalue weighted by molar-refractivity contribution is 5.86. The zero-order valence-electron chi connectivity index (χ0n) is 6.67. The Morgan fingerprint density at radius 3 is 2.57 bits per heavy atom. The Bertz CT molecular complexity index is 351. The quantitative estimate of drug-likeness (QED) is 0.718. The number of rotatable bonds is 1. The minimum absolute atomic E-state index is 0.292. The molecular weight excluding hydrogens is 201 g/mol. The van der Waals surface area contributed by atoms with Gasteiger partial charge in [0.2, 0.25) is 0 Å². The van der Waals surface area contributed by atoms with Gasteiger partial charge in [-0.15, -0.1) is 0 Å². The third-order valence-electron chi connectivity index (χ3n) is 1.21. The van der Waals surface area contributed by atoms with Gasteiger partial charge in [-0.05, 0) is 0 Å². The predicted molar refractivity (Wildman–Crippen MR) is 40.2 cm³/mol. The Balaban J connectivity index is 2.95. The lowest BCUT2D eigenvalue weighted by Crippen LogP contribution is -2.20. The number of nitrogens with two attached hydrogens (primary N) is 1. The number of carbonyl (C=O) groups is 1. The van der Waals surface area contributed by atoms with Gasteiger partial charge in [-0.25, -0.2) is 14.8 Å². The van der Waals surface area contributed by atoms with E-state index in [1.54, 1.807) is 0 Å². The maximum atomic E-state index is 12.1. The largest absolute Gasteiger partial charge is 0.433 e. The van der Waals surface area contributed by atoms with E-state index in [0.29, 0.717) is 12.4 Å². The van der Waals surface area contributed by atoms with Crippen molar-refractivity contribution in [3.63, 3.8) is 0 Å². The first kappa shape index (κ1) is 10.2. The average Bonchev–Trinajstić information content (AvgIpc) is 2.01. The third kappa shape index (κ3) is 2.57. The van der Waals surface area contributed by atoms with Crippen LogP contribution in [0.1, 0.15) is 5.69 Å². The van der Waals surface area contributed by atoms with E-state index in [2.05, 4.69) is 9.97 Å². The summed E-state index contributed by atoms with van der Waals surface area (Å²) in [5, 5.41) is 1.90. The highest BCUT2D eigenvalue weighted by Gasteiger charge is 2.32. The van der Waals surface area contributed by atoms with Crippen LogP contribution in [-0.4, -0.2) is 16.0 Å². The van der Waals surface area contributed by atoms with Crippen molar-refractivity contribution in [3.8, 4) is 0 Å². The van der Waals surface area contributed by atoms with Crippen LogP contribution in [0.3, 0.4) is 0 Å². The first-order valence-electron chi connectivity index (χ1n) is 3.35. The van der Waals surface area contributed by atoms with Crippen LogP contribution in [0.2, 0.25) is 0 Å². The Labute approximate surface area is 76.1 Å². The van der Waals surface area contributed by atoms with E-state index in [1.165, 1.54) is 0 Å². The van der Waals surface area contributed by atoms with E-state index < -0.39 is 17.9 Å². The van der Waals surface area contributed by atoms with Gasteiger partial charge in [0.15, 0.2) is 0 Å². The van der Waals surface area contributed by atoms with Crippen LogP contribution in [0.4, 0.5) is 23.8 Å². The van der Waals surface area contributed by atoms with Gasteiger partial charge in [0, 0.05) is 6.07 Å². The minimum Gasteiger partial charge on any atom is -0.351 e. The van der Waals surface area contributed by atoms with Crippen molar-refractivity contribution < 1.29 is 18.0 Å². The van der Waals surface area contributed by atoms with Crippen molar-refractivity contribution in [1.29, 1.82) is 0 Å². The molecule has 76 valence electrons. The van der Waals surface area contributed by atoms with Crippen LogP contribution < -0.4 is 11.1 Å². The van der Waals surface area contributed by atoms with Gasteiger partial charge < -0.3 is 5.73 Å². The molecule has 0 radical (unpaired) electrons. The van der Waals surface area contributed by atoms with Crippen LogP contribution in [-0.2, 0) is 6.18 Å². The smallest absolute Gasteiger partial charge is 0.351 e. The van der Waals surface area contributed by atoms with Crippen LogP contribution in [0.15, 0.2) is 12.4 Å². The number of primary amides is 1. The maximum Gasteiger partial charge on any atom is 0.433 e. The average molecular weight is 206 g/mol. The number of hydrogen-bond acceptors (Lipinski definition) is 3. The molecule has 0 unspecified atom stereocenters. The van der Waals surface area contributed by atoms with Crippen LogP contribution in [0.5, 0.6) is 0 Å². The summed E-state index contributed by atoms with van der Waals surface area (Å²) in [6.07, 6.45) is -3.88. The summed E-state index contributed by atoms with van der Waals surface area (Å²) in [6.45, 7) is 0. The van der Waals surface area contributed by atoms with E-state index >= 15 is 0 Å². The molecule has 0 aliphatic rings. The molecular formula is C6H5F3N4O. The van der Waals surface area contributed by atoms with Crippen molar-refractivity contribution in [2.45, 2.75) is 6.18 Å². The number of urea groups is 1. The molecule has 0 saturated heterocycles. The summed E-state index contributed by atoms with van der Waals surface area (Å²) in [7, 11) is 0. The molecule has 3 N–H and O–H groups in total. The van der Waals surface area contributed by atoms with Crippen molar-refractivity contribution in [2.24, 2.45) is 5.73 Å². The number of alkyl halides is 3. The zero-order valence-corrected chi connectivity index (χ0v) is 6.67. The normalized spacial score (nSPS) is 11.1. The second-order valence-electron chi connectivity index (χ2n) is 2.28. The number of nitrogens with zero attached hydrogens (tertiary/aromatic N) is 2. The summed E-state index contributed by atoms with van der Waals surface area (Å²) in [4.78, 5) is 16.7. The van der Waals surface area contributed by atoms with Gasteiger partial charge in [0.05, 0.1) is 0 Å². The van der Waals surface area contributed by atoms with Gasteiger partial charge in [0.25, 0.3) is 0 Å². The molecule has 2 amide bonds. The number of nitrogens with one attached hydrogen (secondary N) is 1. The molecule has 5 nitrogen and oxygen atoms in total. The number of hydrogen-bond donors (Lipinski definition) is 2. The Hall–Kier alpha value is -1.86. The molecule has 0 bridgehead atoms. The zero-order chi connectivity index (χ0) is 10.8. The molecule has 0 aromatic carbocycles. The summed E-state index contributed by atoms with van der Waals surface area (Å²) >= 11 is 0. The third-order valence-corrected chi connectivity index (χ3v) is 1.21. The van der Waals surface area contributed by atoms with E-state index in [4.69, 9.17) is 5.73 Å².